The fourth-order valence-electron chi connectivity index (χ4n) is 1.41. The number of aryl methyl sites for hydroxylation is 1. The minimum Gasteiger partial charge on any atom is -0.439 e. The van der Waals surface area contributed by atoms with Gasteiger partial charge in [0.05, 0.1) is 6.61 Å². The van der Waals surface area contributed by atoms with Gasteiger partial charge in [0.15, 0.2) is 0 Å². The second kappa shape index (κ2) is 5.46. The average Bonchev–Trinajstić information content (AvgIpc) is 2.32. The lowest BCUT2D eigenvalue weighted by molar-refractivity contribution is 0.280. The van der Waals surface area contributed by atoms with Crippen molar-refractivity contribution in [3.63, 3.8) is 0 Å². The van der Waals surface area contributed by atoms with Crippen LogP contribution in [0, 0.1) is 10.5 Å². The van der Waals surface area contributed by atoms with Gasteiger partial charge in [-0.25, -0.2) is 4.98 Å². The van der Waals surface area contributed by atoms with Crippen molar-refractivity contribution in [1.82, 2.24) is 4.98 Å². The van der Waals surface area contributed by atoms with Gasteiger partial charge in [0.1, 0.15) is 5.75 Å². The van der Waals surface area contributed by atoms with Gasteiger partial charge in [-0.15, -0.1) is 0 Å². The third-order valence-corrected chi connectivity index (χ3v) is 3.10. The van der Waals surface area contributed by atoms with Crippen molar-refractivity contribution in [3.8, 4) is 11.6 Å². The number of hydrogen-bond donors (Lipinski definition) is 1. The van der Waals surface area contributed by atoms with Crippen LogP contribution in [-0.2, 0) is 6.61 Å². The van der Waals surface area contributed by atoms with Crippen molar-refractivity contribution >= 4 is 22.6 Å². The maximum absolute atomic E-state index is 9.05. The van der Waals surface area contributed by atoms with E-state index in [4.69, 9.17) is 9.84 Å². The Labute approximate surface area is 114 Å². The summed E-state index contributed by atoms with van der Waals surface area (Å²) in [6, 6.07) is 11.3. The van der Waals surface area contributed by atoms with Gasteiger partial charge in [-0.05, 0) is 65.4 Å². The molecule has 1 N–H and O–H groups in total. The highest BCUT2D eigenvalue weighted by atomic mass is 127. The Bertz CT molecular complexity index is 511. The fourth-order valence-corrected chi connectivity index (χ4v) is 1.77. The van der Waals surface area contributed by atoms with Crippen molar-refractivity contribution in [1.29, 1.82) is 0 Å². The summed E-state index contributed by atoms with van der Waals surface area (Å²) in [5.74, 6) is 1.30. The molecule has 4 heteroatoms. The average molecular weight is 341 g/mol. The van der Waals surface area contributed by atoms with E-state index in [0.717, 1.165) is 20.6 Å². The van der Waals surface area contributed by atoms with Gasteiger partial charge < -0.3 is 9.84 Å². The minimum absolute atomic E-state index is 0.00262. The maximum Gasteiger partial charge on any atom is 0.219 e. The van der Waals surface area contributed by atoms with Crippen molar-refractivity contribution in [2.75, 3.05) is 0 Å². The number of nitrogens with zero attached hydrogens (tertiary/aromatic N) is 1. The number of pyridine rings is 1. The second-order valence-corrected chi connectivity index (χ2v) is 4.85. The highest BCUT2D eigenvalue weighted by Gasteiger charge is 2.02. The van der Waals surface area contributed by atoms with Crippen LogP contribution in [0.25, 0.3) is 0 Å². The molecular formula is C13H12INO2. The highest BCUT2D eigenvalue weighted by molar-refractivity contribution is 14.1. The Kier molecular flexibility index (Phi) is 3.96. The third-order valence-electron chi connectivity index (χ3n) is 2.38. The molecule has 88 valence electrons. The molecule has 0 aliphatic carbocycles. The smallest absolute Gasteiger partial charge is 0.219 e. The van der Waals surface area contributed by atoms with E-state index in [1.807, 2.05) is 37.3 Å². The molecule has 0 amide bonds. The maximum atomic E-state index is 9.05. The first kappa shape index (κ1) is 12.3. The molecule has 0 bridgehead atoms. The molecule has 1 heterocycles. The number of benzene rings is 1. The molecule has 1 aromatic heterocycles. The molecule has 0 radical (unpaired) electrons. The molecule has 2 aromatic rings. The summed E-state index contributed by atoms with van der Waals surface area (Å²) in [6.45, 7) is 1.86. The van der Waals surface area contributed by atoms with Crippen LogP contribution in [0.3, 0.4) is 0 Å². The number of hydrogen-bond acceptors (Lipinski definition) is 3. The summed E-state index contributed by atoms with van der Waals surface area (Å²) < 4.78 is 6.78. The van der Waals surface area contributed by atoms with Crippen LogP contribution >= 0.6 is 22.6 Å². The fraction of sp³-hybridized carbons (Fsp3) is 0.154. The highest BCUT2D eigenvalue weighted by Crippen LogP contribution is 2.21. The van der Waals surface area contributed by atoms with Crippen LogP contribution < -0.4 is 4.74 Å². The quantitative estimate of drug-likeness (QED) is 0.872. The van der Waals surface area contributed by atoms with E-state index in [0.29, 0.717) is 5.88 Å². The van der Waals surface area contributed by atoms with E-state index in [1.54, 1.807) is 6.07 Å². The van der Waals surface area contributed by atoms with Crippen LogP contribution in [0.15, 0.2) is 36.4 Å². The summed E-state index contributed by atoms with van der Waals surface area (Å²) in [7, 11) is 0. The number of rotatable bonds is 3. The molecule has 0 aliphatic rings. The predicted molar refractivity (Wildman–Crippen MR) is 74.1 cm³/mol. The Morgan fingerprint density at radius 2 is 1.88 bits per heavy atom. The number of ether oxygens (including phenoxy) is 1. The lowest BCUT2D eigenvalue weighted by atomic mass is 10.2. The van der Waals surface area contributed by atoms with Gasteiger partial charge in [0.25, 0.3) is 0 Å². The molecule has 3 nitrogen and oxygen atoms in total. The van der Waals surface area contributed by atoms with Crippen LogP contribution in [0.5, 0.6) is 11.6 Å². The Balaban J connectivity index is 2.19. The van der Waals surface area contributed by atoms with Gasteiger partial charge in [-0.1, -0.05) is 0 Å². The lowest BCUT2D eigenvalue weighted by Gasteiger charge is -2.07. The number of halogens is 1. The van der Waals surface area contributed by atoms with Gasteiger partial charge in [-0.2, -0.15) is 0 Å². The lowest BCUT2D eigenvalue weighted by Crippen LogP contribution is -1.95. The van der Waals surface area contributed by atoms with E-state index in [-0.39, 0.29) is 6.61 Å². The summed E-state index contributed by atoms with van der Waals surface area (Å²) in [4.78, 5) is 4.28. The van der Waals surface area contributed by atoms with Crippen molar-refractivity contribution in [3.05, 3.63) is 51.2 Å². The van der Waals surface area contributed by atoms with E-state index in [9.17, 15) is 0 Å². The first-order chi connectivity index (χ1) is 8.19. The molecule has 1 aromatic carbocycles. The summed E-state index contributed by atoms with van der Waals surface area (Å²) in [6.07, 6.45) is 0. The molecule has 0 spiro atoms. The topological polar surface area (TPSA) is 42.4 Å². The van der Waals surface area contributed by atoms with Crippen molar-refractivity contribution in [2.45, 2.75) is 13.5 Å². The van der Waals surface area contributed by atoms with Crippen LogP contribution in [-0.4, -0.2) is 10.1 Å². The SMILES string of the molecule is Cc1nc(Oc2ccc(I)cc2)ccc1CO. The largest absolute Gasteiger partial charge is 0.439 e. The zero-order chi connectivity index (χ0) is 12.3. The van der Waals surface area contributed by atoms with E-state index in [1.165, 1.54) is 0 Å². The van der Waals surface area contributed by atoms with Gasteiger partial charge in [0, 0.05) is 15.3 Å². The Hall–Kier alpha value is -1.14. The zero-order valence-electron chi connectivity index (χ0n) is 9.35. The number of aliphatic hydroxyl groups is 1. The first-order valence-electron chi connectivity index (χ1n) is 5.20. The van der Waals surface area contributed by atoms with E-state index < -0.39 is 0 Å². The number of aromatic nitrogens is 1. The molecule has 0 atom stereocenters. The van der Waals surface area contributed by atoms with Crippen LogP contribution in [0.1, 0.15) is 11.3 Å². The van der Waals surface area contributed by atoms with E-state index >= 15 is 0 Å². The summed E-state index contributed by atoms with van der Waals surface area (Å²) in [5, 5.41) is 9.05. The van der Waals surface area contributed by atoms with E-state index in [2.05, 4.69) is 27.6 Å². The molecule has 17 heavy (non-hydrogen) atoms. The molecule has 0 aliphatic heterocycles. The molecule has 0 saturated heterocycles. The second-order valence-electron chi connectivity index (χ2n) is 3.61. The van der Waals surface area contributed by atoms with Gasteiger partial charge in [0.2, 0.25) is 5.88 Å². The molecular weight excluding hydrogens is 329 g/mol. The summed E-state index contributed by atoms with van der Waals surface area (Å²) in [5.41, 5.74) is 1.61. The number of aliphatic hydroxyl groups excluding tert-OH is 1. The molecule has 0 saturated carbocycles. The Morgan fingerprint density at radius 1 is 1.18 bits per heavy atom. The minimum atomic E-state index is 0.00262. The monoisotopic (exact) mass is 341 g/mol. The van der Waals surface area contributed by atoms with Crippen molar-refractivity contribution < 1.29 is 9.84 Å². The van der Waals surface area contributed by atoms with Crippen molar-refractivity contribution in [2.24, 2.45) is 0 Å². The molecule has 0 unspecified atom stereocenters. The van der Waals surface area contributed by atoms with Crippen LogP contribution in [0.4, 0.5) is 0 Å². The molecule has 0 fully saturated rings. The molecule has 2 rings (SSSR count). The zero-order valence-corrected chi connectivity index (χ0v) is 11.5. The van der Waals surface area contributed by atoms with Crippen LogP contribution in [0.2, 0.25) is 0 Å². The normalized spacial score (nSPS) is 10.3. The first-order valence-corrected chi connectivity index (χ1v) is 6.28. The third kappa shape index (κ3) is 3.17. The predicted octanol–water partition coefficient (Wildman–Crippen LogP) is 3.28. The van der Waals surface area contributed by atoms with Gasteiger partial charge >= 0.3 is 0 Å². The Morgan fingerprint density at radius 3 is 2.47 bits per heavy atom. The summed E-state index contributed by atoms with van der Waals surface area (Å²) >= 11 is 2.24. The standard InChI is InChI=1S/C13H12INO2/c1-9-10(8-16)2-7-13(15-9)17-12-5-3-11(14)4-6-12/h2-7,16H,8H2,1H3. The van der Waals surface area contributed by atoms with Gasteiger partial charge in [-0.3, -0.25) is 0 Å².